The molecule has 0 spiro atoms. The largest absolute Gasteiger partial charge is 0.495 e. The van der Waals surface area contributed by atoms with Gasteiger partial charge < -0.3 is 14.6 Å². The Morgan fingerprint density at radius 1 is 1.11 bits per heavy atom. The van der Waals surface area contributed by atoms with Gasteiger partial charge in [0.1, 0.15) is 5.75 Å². The number of hydrogen-bond donors (Lipinski definition) is 1. The lowest BCUT2D eigenvalue weighted by Gasteiger charge is -2.21. The second-order valence-corrected chi connectivity index (χ2v) is 7.89. The Balaban J connectivity index is 1.87. The fourth-order valence-electron chi connectivity index (χ4n) is 4.06. The van der Waals surface area contributed by atoms with Gasteiger partial charge >= 0.3 is 0 Å². The zero-order chi connectivity index (χ0) is 19.4. The van der Waals surface area contributed by atoms with E-state index in [4.69, 9.17) is 16.3 Å². The number of nitrogens with one attached hydrogen (secondary N) is 1. The first-order valence-electron chi connectivity index (χ1n) is 9.85. The summed E-state index contributed by atoms with van der Waals surface area (Å²) in [5.41, 5.74) is 3.45. The van der Waals surface area contributed by atoms with Gasteiger partial charge in [-0.05, 0) is 51.0 Å². The van der Waals surface area contributed by atoms with Crippen molar-refractivity contribution in [3.63, 3.8) is 0 Å². The highest BCUT2D eigenvalue weighted by molar-refractivity contribution is 6.30. The highest BCUT2D eigenvalue weighted by Crippen LogP contribution is 2.30. The molecule has 2 aromatic rings. The summed E-state index contributed by atoms with van der Waals surface area (Å²) in [7, 11) is 1.64. The van der Waals surface area contributed by atoms with E-state index in [9.17, 15) is 4.79 Å². The minimum atomic E-state index is 0.0147. The lowest BCUT2D eigenvalue weighted by atomic mass is 9.96. The zero-order valence-electron chi connectivity index (χ0n) is 16.5. The van der Waals surface area contributed by atoms with Crippen LogP contribution in [0.4, 0.5) is 0 Å². The topological polar surface area (TPSA) is 43.3 Å². The molecule has 27 heavy (non-hydrogen) atoms. The van der Waals surface area contributed by atoms with E-state index in [0.29, 0.717) is 5.02 Å². The van der Waals surface area contributed by atoms with Crippen LogP contribution in [0, 0.1) is 13.8 Å². The molecule has 1 aromatic heterocycles. The highest BCUT2D eigenvalue weighted by Gasteiger charge is 2.21. The van der Waals surface area contributed by atoms with Crippen LogP contribution >= 0.6 is 11.6 Å². The van der Waals surface area contributed by atoms with Crippen molar-refractivity contribution in [1.29, 1.82) is 0 Å². The smallest absolute Gasteiger partial charge is 0.253 e. The van der Waals surface area contributed by atoms with Crippen LogP contribution in [-0.2, 0) is 0 Å². The van der Waals surface area contributed by atoms with Crippen molar-refractivity contribution in [2.24, 2.45) is 0 Å². The van der Waals surface area contributed by atoms with Crippen LogP contribution in [-0.4, -0.2) is 23.6 Å². The third-order valence-electron chi connectivity index (χ3n) is 5.50. The van der Waals surface area contributed by atoms with Crippen molar-refractivity contribution in [2.75, 3.05) is 7.11 Å². The molecule has 0 saturated heterocycles. The Morgan fingerprint density at radius 2 is 1.78 bits per heavy atom. The van der Waals surface area contributed by atoms with E-state index in [0.717, 1.165) is 41.2 Å². The maximum Gasteiger partial charge on any atom is 0.253 e. The number of benzene rings is 1. The number of ether oxygens (including phenoxy) is 1. The van der Waals surface area contributed by atoms with Crippen LogP contribution < -0.4 is 10.1 Å². The molecule has 3 rings (SSSR count). The summed E-state index contributed by atoms with van der Waals surface area (Å²) in [6, 6.07) is 7.76. The molecular weight excluding hydrogens is 360 g/mol. The molecule has 1 aliphatic carbocycles. The summed E-state index contributed by atoms with van der Waals surface area (Å²) >= 11 is 6.21. The molecule has 1 saturated carbocycles. The van der Waals surface area contributed by atoms with Gasteiger partial charge in [0.2, 0.25) is 0 Å². The third kappa shape index (κ3) is 4.49. The van der Waals surface area contributed by atoms with Gasteiger partial charge in [0.15, 0.2) is 0 Å². The van der Waals surface area contributed by atoms with Gasteiger partial charge in [-0.15, -0.1) is 0 Å². The van der Waals surface area contributed by atoms with Crippen LogP contribution in [0.15, 0.2) is 24.3 Å². The van der Waals surface area contributed by atoms with Crippen molar-refractivity contribution in [3.05, 3.63) is 46.2 Å². The molecule has 1 heterocycles. The van der Waals surface area contributed by atoms with Gasteiger partial charge in [-0.1, -0.05) is 43.7 Å². The van der Waals surface area contributed by atoms with Gasteiger partial charge in [0.05, 0.1) is 18.4 Å². The molecule has 1 amide bonds. The second-order valence-electron chi connectivity index (χ2n) is 7.45. The molecule has 0 bridgehead atoms. The van der Waals surface area contributed by atoms with Gasteiger partial charge in [0, 0.05) is 22.5 Å². The van der Waals surface area contributed by atoms with E-state index < -0.39 is 0 Å². The lowest BCUT2D eigenvalue weighted by Crippen LogP contribution is -2.35. The quantitative estimate of drug-likeness (QED) is 0.740. The standard InChI is InChI=1S/C22H29ClN2O2/c1-15-13-19(22(26)24-18-9-7-5-4-6-8-10-18)16(2)25(15)20-14-17(23)11-12-21(20)27-3/h11-14,18H,4-10H2,1-3H3,(H,24,26). The van der Waals surface area contributed by atoms with Crippen molar-refractivity contribution in [3.8, 4) is 11.4 Å². The normalized spacial score (nSPS) is 15.9. The summed E-state index contributed by atoms with van der Waals surface area (Å²) in [4.78, 5) is 13.0. The van der Waals surface area contributed by atoms with E-state index >= 15 is 0 Å². The Kier molecular flexibility index (Phi) is 6.48. The summed E-state index contributed by atoms with van der Waals surface area (Å²) in [5.74, 6) is 0.745. The zero-order valence-corrected chi connectivity index (χ0v) is 17.2. The van der Waals surface area contributed by atoms with Gasteiger partial charge in [-0.3, -0.25) is 4.79 Å². The molecule has 1 N–H and O–H groups in total. The first kappa shape index (κ1) is 19.8. The maximum atomic E-state index is 13.0. The number of rotatable bonds is 4. The van der Waals surface area contributed by atoms with Crippen molar-refractivity contribution in [2.45, 2.75) is 64.8 Å². The molecule has 5 heteroatoms. The molecule has 4 nitrogen and oxygen atoms in total. The van der Waals surface area contributed by atoms with Crippen LogP contribution in [0.5, 0.6) is 5.75 Å². The SMILES string of the molecule is COc1ccc(Cl)cc1-n1c(C)cc(C(=O)NC2CCCCCCC2)c1C. The molecule has 0 aliphatic heterocycles. The van der Waals surface area contributed by atoms with E-state index in [-0.39, 0.29) is 11.9 Å². The average molecular weight is 389 g/mol. The Bertz CT molecular complexity index is 805. The molecule has 1 aliphatic rings. The van der Waals surface area contributed by atoms with Crippen molar-refractivity contribution >= 4 is 17.5 Å². The number of aryl methyl sites for hydroxylation is 1. The lowest BCUT2D eigenvalue weighted by molar-refractivity contribution is 0.0930. The van der Waals surface area contributed by atoms with Crippen LogP contribution in [0.2, 0.25) is 5.02 Å². The Hall–Kier alpha value is -1.94. The van der Waals surface area contributed by atoms with Crippen molar-refractivity contribution < 1.29 is 9.53 Å². The second kappa shape index (κ2) is 8.83. The minimum absolute atomic E-state index is 0.0147. The number of halogens is 1. The van der Waals surface area contributed by atoms with Gasteiger partial charge in [-0.25, -0.2) is 0 Å². The summed E-state index contributed by atoms with van der Waals surface area (Å²) < 4.78 is 7.54. The number of carbonyl (C=O) groups is 1. The van der Waals surface area contributed by atoms with E-state index in [1.54, 1.807) is 13.2 Å². The van der Waals surface area contributed by atoms with Crippen LogP contribution in [0.3, 0.4) is 0 Å². The number of hydrogen-bond acceptors (Lipinski definition) is 2. The molecule has 0 radical (unpaired) electrons. The van der Waals surface area contributed by atoms with E-state index in [1.165, 1.54) is 32.1 Å². The predicted octanol–water partition coefficient (Wildman–Crippen LogP) is 5.60. The summed E-state index contributed by atoms with van der Waals surface area (Å²) in [6.45, 7) is 3.97. The fraction of sp³-hybridized carbons (Fsp3) is 0.500. The maximum absolute atomic E-state index is 13.0. The fourth-order valence-corrected chi connectivity index (χ4v) is 4.23. The number of nitrogens with zero attached hydrogens (tertiary/aromatic N) is 1. The van der Waals surface area contributed by atoms with Gasteiger partial charge in [0.25, 0.3) is 5.91 Å². The molecule has 0 atom stereocenters. The molecule has 1 fully saturated rings. The minimum Gasteiger partial charge on any atom is -0.495 e. The van der Waals surface area contributed by atoms with Gasteiger partial charge in [-0.2, -0.15) is 0 Å². The number of carbonyl (C=O) groups excluding carboxylic acids is 1. The van der Waals surface area contributed by atoms with Crippen molar-refractivity contribution in [1.82, 2.24) is 9.88 Å². The molecular formula is C22H29ClN2O2. The average Bonchev–Trinajstić information content (AvgIpc) is 2.91. The number of methoxy groups -OCH3 is 1. The predicted molar refractivity (Wildman–Crippen MR) is 110 cm³/mol. The van der Waals surface area contributed by atoms with Crippen LogP contribution in [0.25, 0.3) is 5.69 Å². The van der Waals surface area contributed by atoms with E-state index in [1.807, 2.05) is 36.6 Å². The Morgan fingerprint density at radius 3 is 2.44 bits per heavy atom. The first-order valence-corrected chi connectivity index (χ1v) is 10.2. The summed E-state index contributed by atoms with van der Waals surface area (Å²) in [5, 5.41) is 3.90. The third-order valence-corrected chi connectivity index (χ3v) is 5.73. The number of aromatic nitrogens is 1. The van der Waals surface area contributed by atoms with Crippen LogP contribution in [0.1, 0.15) is 66.7 Å². The Labute approximate surface area is 166 Å². The van der Waals surface area contributed by atoms with E-state index in [2.05, 4.69) is 5.32 Å². The number of amides is 1. The monoisotopic (exact) mass is 388 g/mol. The highest BCUT2D eigenvalue weighted by atomic mass is 35.5. The molecule has 146 valence electrons. The molecule has 1 aromatic carbocycles. The molecule has 0 unspecified atom stereocenters. The summed E-state index contributed by atoms with van der Waals surface area (Å²) in [6.07, 6.45) is 8.42. The first-order chi connectivity index (χ1) is 13.0.